The van der Waals surface area contributed by atoms with E-state index in [2.05, 4.69) is 6.58 Å². The first-order valence-corrected chi connectivity index (χ1v) is 3.95. The van der Waals surface area contributed by atoms with E-state index in [1.54, 1.807) is 6.07 Å². The van der Waals surface area contributed by atoms with Gasteiger partial charge in [-0.1, -0.05) is 34.3 Å². The van der Waals surface area contributed by atoms with E-state index in [1.165, 1.54) is 6.92 Å². The Hall–Kier alpha value is -0.810. The second-order valence-corrected chi connectivity index (χ2v) is 1.31. The number of rotatable bonds is 1. The van der Waals surface area contributed by atoms with Gasteiger partial charge in [-0.05, 0) is 6.92 Å². The standard InChI is InChI=1S/C5H7NO.2C2H6/c1-4(3-6)5(2)7;2*1-2/h5,7H,1H2,2H3;2*1-2H3. The lowest BCUT2D eigenvalue weighted by molar-refractivity contribution is 0.237. The summed E-state index contributed by atoms with van der Waals surface area (Å²) in [5.74, 6) is 0. The molecule has 0 amide bonds. The van der Waals surface area contributed by atoms with Gasteiger partial charge in [0.05, 0.1) is 17.7 Å². The van der Waals surface area contributed by atoms with E-state index in [1.807, 2.05) is 27.7 Å². The summed E-state index contributed by atoms with van der Waals surface area (Å²) >= 11 is 0. The summed E-state index contributed by atoms with van der Waals surface area (Å²) < 4.78 is 0. The summed E-state index contributed by atoms with van der Waals surface area (Å²) in [6.07, 6.45) is -0.690. The maximum Gasteiger partial charge on any atom is 0.0968 e. The summed E-state index contributed by atoms with van der Waals surface area (Å²) in [6.45, 7) is 12.8. The molecule has 2 heteroatoms. The van der Waals surface area contributed by atoms with Crippen LogP contribution >= 0.6 is 0 Å². The Labute approximate surface area is 70.2 Å². The highest BCUT2D eigenvalue weighted by Gasteiger charge is 1.95. The first-order chi connectivity index (χ1) is 5.18. The number of hydrogen-bond acceptors (Lipinski definition) is 2. The molecule has 1 N–H and O–H groups in total. The van der Waals surface area contributed by atoms with Crippen LogP contribution in [0.4, 0.5) is 0 Å². The number of nitriles is 1. The molecule has 0 aliphatic rings. The zero-order valence-corrected chi connectivity index (χ0v) is 8.18. The SMILES string of the molecule is C=C(C#N)C(C)O.CC.CC. The number of aliphatic hydroxyl groups excluding tert-OH is 1. The molecule has 0 bridgehead atoms. The van der Waals surface area contributed by atoms with Gasteiger partial charge < -0.3 is 5.11 Å². The van der Waals surface area contributed by atoms with E-state index in [9.17, 15) is 0 Å². The fourth-order valence-electron chi connectivity index (χ4n) is 0.0934. The van der Waals surface area contributed by atoms with Crippen LogP contribution in [-0.2, 0) is 0 Å². The predicted octanol–water partition coefficient (Wildman–Crippen LogP) is 2.50. The molecule has 0 aromatic carbocycles. The lowest BCUT2D eigenvalue weighted by atomic mass is 10.2. The second kappa shape index (κ2) is 16.1. The second-order valence-electron chi connectivity index (χ2n) is 1.31. The molecule has 0 aromatic rings. The van der Waals surface area contributed by atoms with E-state index in [0.717, 1.165) is 0 Å². The number of hydrogen-bond donors (Lipinski definition) is 1. The van der Waals surface area contributed by atoms with Gasteiger partial charge in [-0.25, -0.2) is 0 Å². The molecule has 0 aliphatic carbocycles. The van der Waals surface area contributed by atoms with Gasteiger partial charge in [0.1, 0.15) is 0 Å². The molecule has 1 unspecified atom stereocenters. The number of nitrogens with zero attached hydrogens (tertiary/aromatic N) is 1. The molecular formula is C9H19NO. The number of aliphatic hydroxyl groups is 1. The highest BCUT2D eigenvalue weighted by Crippen LogP contribution is 1.92. The molecule has 0 saturated heterocycles. The fraction of sp³-hybridized carbons (Fsp3) is 0.667. The maximum atomic E-state index is 8.50. The summed E-state index contributed by atoms with van der Waals surface area (Å²) in [7, 11) is 0. The van der Waals surface area contributed by atoms with Crippen molar-refractivity contribution >= 4 is 0 Å². The van der Waals surface area contributed by atoms with Crippen LogP contribution in [0.3, 0.4) is 0 Å². The molecule has 11 heavy (non-hydrogen) atoms. The van der Waals surface area contributed by atoms with Crippen molar-refractivity contribution in [3.63, 3.8) is 0 Å². The Morgan fingerprint density at radius 1 is 1.36 bits per heavy atom. The Morgan fingerprint density at radius 2 is 1.64 bits per heavy atom. The molecule has 1 atom stereocenters. The maximum absolute atomic E-state index is 8.50. The van der Waals surface area contributed by atoms with Gasteiger partial charge in [-0.15, -0.1) is 0 Å². The molecule has 0 saturated carbocycles. The van der Waals surface area contributed by atoms with Crippen molar-refractivity contribution in [2.75, 3.05) is 0 Å². The van der Waals surface area contributed by atoms with Crippen molar-refractivity contribution in [2.24, 2.45) is 0 Å². The van der Waals surface area contributed by atoms with Crippen LogP contribution in [0.25, 0.3) is 0 Å². The Bertz CT molecular complexity index is 111. The minimum absolute atomic E-state index is 0.208. The third-order valence-corrected chi connectivity index (χ3v) is 0.648. The van der Waals surface area contributed by atoms with Crippen LogP contribution < -0.4 is 0 Å². The Kier molecular flexibility index (Phi) is 24.3. The molecule has 0 radical (unpaired) electrons. The molecule has 0 spiro atoms. The van der Waals surface area contributed by atoms with Crippen LogP contribution in [0.15, 0.2) is 12.2 Å². The van der Waals surface area contributed by atoms with E-state index in [0.29, 0.717) is 0 Å². The third-order valence-electron chi connectivity index (χ3n) is 0.648. The average Bonchev–Trinajstić information content (AvgIpc) is 2.10. The topological polar surface area (TPSA) is 44.0 Å². The van der Waals surface area contributed by atoms with Crippen molar-refractivity contribution in [1.82, 2.24) is 0 Å². The first-order valence-electron chi connectivity index (χ1n) is 3.95. The minimum Gasteiger partial charge on any atom is -0.388 e. The van der Waals surface area contributed by atoms with Gasteiger partial charge in [-0.2, -0.15) is 5.26 Å². The summed E-state index contributed by atoms with van der Waals surface area (Å²) in [6, 6.07) is 1.72. The monoisotopic (exact) mass is 157 g/mol. The van der Waals surface area contributed by atoms with Crippen molar-refractivity contribution in [3.8, 4) is 6.07 Å². The fourth-order valence-corrected chi connectivity index (χ4v) is 0.0934. The first kappa shape index (κ1) is 16.6. The van der Waals surface area contributed by atoms with Gasteiger partial charge in [-0.3, -0.25) is 0 Å². The van der Waals surface area contributed by atoms with Crippen LogP contribution in [0.5, 0.6) is 0 Å². The molecule has 0 aliphatic heterocycles. The summed E-state index contributed by atoms with van der Waals surface area (Å²) in [5.41, 5.74) is 0.208. The van der Waals surface area contributed by atoms with E-state index >= 15 is 0 Å². The zero-order chi connectivity index (χ0) is 9.86. The molecule has 0 aromatic heterocycles. The minimum atomic E-state index is -0.690. The van der Waals surface area contributed by atoms with Crippen LogP contribution in [-0.4, -0.2) is 11.2 Å². The van der Waals surface area contributed by atoms with Crippen LogP contribution in [0, 0.1) is 11.3 Å². The Balaban J connectivity index is -0.000000138. The van der Waals surface area contributed by atoms with E-state index < -0.39 is 6.10 Å². The highest BCUT2D eigenvalue weighted by molar-refractivity contribution is 5.19. The van der Waals surface area contributed by atoms with Crippen molar-refractivity contribution in [3.05, 3.63) is 12.2 Å². The molecule has 0 fully saturated rings. The molecule has 0 heterocycles. The van der Waals surface area contributed by atoms with Crippen LogP contribution in [0.2, 0.25) is 0 Å². The quantitative estimate of drug-likeness (QED) is 0.594. The van der Waals surface area contributed by atoms with Crippen LogP contribution in [0.1, 0.15) is 34.6 Å². The average molecular weight is 157 g/mol. The van der Waals surface area contributed by atoms with Gasteiger partial charge in [0.2, 0.25) is 0 Å². The largest absolute Gasteiger partial charge is 0.388 e. The van der Waals surface area contributed by atoms with Gasteiger partial charge in [0.25, 0.3) is 0 Å². The summed E-state index contributed by atoms with van der Waals surface area (Å²) in [4.78, 5) is 0. The van der Waals surface area contributed by atoms with Gasteiger partial charge >= 0.3 is 0 Å². The Morgan fingerprint density at radius 3 is 1.64 bits per heavy atom. The molecule has 2 nitrogen and oxygen atoms in total. The lowest BCUT2D eigenvalue weighted by Crippen LogP contribution is -1.99. The van der Waals surface area contributed by atoms with Crippen molar-refractivity contribution < 1.29 is 5.11 Å². The van der Waals surface area contributed by atoms with E-state index in [4.69, 9.17) is 10.4 Å². The lowest BCUT2D eigenvalue weighted by Gasteiger charge is -1.94. The van der Waals surface area contributed by atoms with Crippen molar-refractivity contribution in [1.29, 1.82) is 5.26 Å². The van der Waals surface area contributed by atoms with E-state index in [-0.39, 0.29) is 5.57 Å². The highest BCUT2D eigenvalue weighted by atomic mass is 16.3. The predicted molar refractivity (Wildman–Crippen MR) is 49.1 cm³/mol. The summed E-state index contributed by atoms with van der Waals surface area (Å²) in [5, 5.41) is 16.5. The normalized spacial score (nSPS) is 8.82. The molecule has 66 valence electrons. The van der Waals surface area contributed by atoms with Crippen molar-refractivity contribution in [2.45, 2.75) is 40.7 Å². The smallest absolute Gasteiger partial charge is 0.0968 e. The molecule has 0 rings (SSSR count). The van der Waals surface area contributed by atoms with Gasteiger partial charge in [0, 0.05) is 0 Å². The van der Waals surface area contributed by atoms with Gasteiger partial charge in [0.15, 0.2) is 0 Å². The molecular weight excluding hydrogens is 138 g/mol. The third kappa shape index (κ3) is 17.6. The zero-order valence-electron chi connectivity index (χ0n) is 8.18.